The first-order valence-electron chi connectivity index (χ1n) is 5.91. The van der Waals surface area contributed by atoms with Gasteiger partial charge in [-0.15, -0.1) is 0 Å². The summed E-state index contributed by atoms with van der Waals surface area (Å²) in [6.07, 6.45) is 1.54. The summed E-state index contributed by atoms with van der Waals surface area (Å²) in [5.41, 5.74) is -0.0667. The van der Waals surface area contributed by atoms with Crippen LogP contribution in [0.5, 0.6) is 0 Å². The maximum atomic E-state index is 11.6. The number of carbonyl (C=O) groups excluding carboxylic acids is 1. The second-order valence-electron chi connectivity index (χ2n) is 4.80. The molecule has 3 heteroatoms. The summed E-state index contributed by atoms with van der Waals surface area (Å²) in [6, 6.07) is 0. The lowest BCUT2D eigenvalue weighted by atomic mass is 9.89. The van der Waals surface area contributed by atoms with Crippen LogP contribution in [0.4, 0.5) is 0 Å². The van der Waals surface area contributed by atoms with Gasteiger partial charge in [-0.05, 0) is 19.3 Å². The quantitative estimate of drug-likeness (QED) is 0.702. The topological polar surface area (TPSA) is 29.5 Å². The summed E-state index contributed by atoms with van der Waals surface area (Å²) < 4.78 is 5.88. The molecule has 1 aliphatic rings. The van der Waals surface area contributed by atoms with Gasteiger partial charge in [0.2, 0.25) is 5.91 Å². The van der Waals surface area contributed by atoms with Crippen LogP contribution in [0.2, 0.25) is 0 Å². The largest absolute Gasteiger partial charge is 0.373 e. The first-order chi connectivity index (χ1) is 6.99. The van der Waals surface area contributed by atoms with Crippen molar-refractivity contribution >= 4 is 5.91 Å². The number of amides is 1. The van der Waals surface area contributed by atoms with Gasteiger partial charge in [0.15, 0.2) is 0 Å². The maximum Gasteiger partial charge on any atom is 0.222 e. The van der Waals surface area contributed by atoms with E-state index in [1.54, 1.807) is 0 Å². The van der Waals surface area contributed by atoms with Gasteiger partial charge in [0.05, 0.1) is 12.2 Å². The molecule has 1 heterocycles. The molecule has 0 bridgehead atoms. The number of hydrogen-bond acceptors (Lipinski definition) is 2. The van der Waals surface area contributed by atoms with Crippen LogP contribution in [0.1, 0.15) is 40.5 Å². The zero-order chi connectivity index (χ0) is 11.5. The third kappa shape index (κ3) is 2.94. The van der Waals surface area contributed by atoms with Gasteiger partial charge in [0.25, 0.3) is 0 Å². The zero-order valence-corrected chi connectivity index (χ0v) is 10.4. The van der Waals surface area contributed by atoms with Crippen molar-refractivity contribution in [2.75, 3.05) is 19.7 Å². The lowest BCUT2D eigenvalue weighted by molar-refractivity contribution is -0.130. The monoisotopic (exact) mass is 213 g/mol. The van der Waals surface area contributed by atoms with E-state index in [4.69, 9.17) is 4.74 Å². The Morgan fingerprint density at radius 1 is 1.47 bits per heavy atom. The predicted octanol–water partition coefficient (Wildman–Crippen LogP) is 2.06. The average molecular weight is 213 g/mol. The minimum atomic E-state index is -0.0667. The summed E-state index contributed by atoms with van der Waals surface area (Å²) in [5.74, 6) is 0.737. The van der Waals surface area contributed by atoms with Gasteiger partial charge in [-0.3, -0.25) is 4.79 Å². The molecule has 1 unspecified atom stereocenters. The van der Waals surface area contributed by atoms with Crippen LogP contribution < -0.4 is 0 Å². The molecule has 1 fully saturated rings. The van der Waals surface area contributed by atoms with Crippen molar-refractivity contribution in [2.45, 2.75) is 46.1 Å². The molecule has 0 saturated carbocycles. The number of ether oxygens (including phenoxy) is 1. The highest BCUT2D eigenvalue weighted by Crippen LogP contribution is 2.27. The van der Waals surface area contributed by atoms with Crippen molar-refractivity contribution in [1.29, 1.82) is 0 Å². The summed E-state index contributed by atoms with van der Waals surface area (Å²) in [4.78, 5) is 13.5. The predicted molar refractivity (Wildman–Crippen MR) is 60.7 cm³/mol. The van der Waals surface area contributed by atoms with Crippen LogP contribution in [0.25, 0.3) is 0 Å². The van der Waals surface area contributed by atoms with E-state index in [9.17, 15) is 4.79 Å². The van der Waals surface area contributed by atoms with Gasteiger partial charge in [0.1, 0.15) is 0 Å². The van der Waals surface area contributed by atoms with E-state index < -0.39 is 0 Å². The molecule has 0 aromatic carbocycles. The Kier molecular flexibility index (Phi) is 4.14. The fourth-order valence-corrected chi connectivity index (χ4v) is 1.86. The van der Waals surface area contributed by atoms with Crippen molar-refractivity contribution in [1.82, 2.24) is 4.90 Å². The second-order valence-corrected chi connectivity index (χ2v) is 4.80. The van der Waals surface area contributed by atoms with Gasteiger partial charge in [0, 0.05) is 19.5 Å². The molecule has 0 spiro atoms. The summed E-state index contributed by atoms with van der Waals surface area (Å²) in [6.45, 7) is 10.7. The molecular weight excluding hydrogens is 190 g/mol. The van der Waals surface area contributed by atoms with Gasteiger partial charge in [-0.1, -0.05) is 20.8 Å². The first-order valence-corrected chi connectivity index (χ1v) is 5.91. The Morgan fingerprint density at radius 3 is 2.67 bits per heavy atom. The molecular formula is C12H23NO2. The van der Waals surface area contributed by atoms with E-state index in [2.05, 4.69) is 20.8 Å². The number of carbonyl (C=O) groups is 1. The molecule has 1 aliphatic heterocycles. The van der Waals surface area contributed by atoms with E-state index >= 15 is 0 Å². The molecule has 0 aliphatic carbocycles. The molecule has 88 valence electrons. The van der Waals surface area contributed by atoms with Crippen molar-refractivity contribution in [3.8, 4) is 0 Å². The normalized spacial score (nSPS) is 27.9. The lowest BCUT2D eigenvalue weighted by Gasteiger charge is -2.32. The highest BCUT2D eigenvalue weighted by molar-refractivity contribution is 5.75. The van der Waals surface area contributed by atoms with Crippen LogP contribution >= 0.6 is 0 Å². The Balaban J connectivity index is 2.59. The summed E-state index contributed by atoms with van der Waals surface area (Å²) >= 11 is 0. The van der Waals surface area contributed by atoms with Gasteiger partial charge in [-0.2, -0.15) is 0 Å². The summed E-state index contributed by atoms with van der Waals surface area (Å²) in [5, 5.41) is 0. The molecule has 1 amide bonds. The van der Waals surface area contributed by atoms with Crippen LogP contribution in [0, 0.1) is 5.92 Å². The van der Waals surface area contributed by atoms with E-state index in [1.807, 2.05) is 11.8 Å². The molecule has 1 saturated heterocycles. The molecule has 0 radical (unpaired) electrons. The molecule has 0 aromatic heterocycles. The van der Waals surface area contributed by atoms with Crippen LogP contribution in [-0.2, 0) is 9.53 Å². The Labute approximate surface area is 92.8 Å². The Hall–Kier alpha value is -0.570. The fourth-order valence-electron chi connectivity index (χ4n) is 1.86. The molecule has 3 nitrogen and oxygen atoms in total. The SMILES string of the molecule is CCC(=O)N1CCOC(C)(C(C)C)CC1. The second kappa shape index (κ2) is 4.97. The van der Waals surface area contributed by atoms with E-state index in [-0.39, 0.29) is 11.5 Å². The first kappa shape index (κ1) is 12.5. The van der Waals surface area contributed by atoms with Crippen molar-refractivity contribution in [3.05, 3.63) is 0 Å². The maximum absolute atomic E-state index is 11.6. The Bertz CT molecular complexity index is 228. The van der Waals surface area contributed by atoms with Crippen molar-refractivity contribution in [2.24, 2.45) is 5.92 Å². The van der Waals surface area contributed by atoms with Crippen LogP contribution in [-0.4, -0.2) is 36.1 Å². The zero-order valence-electron chi connectivity index (χ0n) is 10.4. The standard InChI is InChI=1S/C12H23NO2/c1-5-11(14)13-7-6-12(4,10(2)3)15-9-8-13/h10H,5-9H2,1-4H3. The van der Waals surface area contributed by atoms with E-state index in [1.165, 1.54) is 0 Å². The third-order valence-electron chi connectivity index (χ3n) is 3.55. The average Bonchev–Trinajstić information content (AvgIpc) is 2.40. The van der Waals surface area contributed by atoms with Gasteiger partial charge >= 0.3 is 0 Å². The molecule has 0 N–H and O–H groups in total. The minimum Gasteiger partial charge on any atom is -0.373 e. The molecule has 1 rings (SSSR count). The smallest absolute Gasteiger partial charge is 0.222 e. The highest BCUT2D eigenvalue weighted by Gasteiger charge is 2.32. The fraction of sp³-hybridized carbons (Fsp3) is 0.917. The Morgan fingerprint density at radius 2 is 2.13 bits per heavy atom. The minimum absolute atomic E-state index is 0.0667. The van der Waals surface area contributed by atoms with Crippen molar-refractivity contribution < 1.29 is 9.53 Å². The lowest BCUT2D eigenvalue weighted by Crippen LogP contribution is -2.36. The number of rotatable bonds is 2. The number of hydrogen-bond donors (Lipinski definition) is 0. The van der Waals surface area contributed by atoms with Crippen molar-refractivity contribution in [3.63, 3.8) is 0 Å². The molecule has 15 heavy (non-hydrogen) atoms. The summed E-state index contributed by atoms with van der Waals surface area (Å²) in [7, 11) is 0. The van der Waals surface area contributed by atoms with E-state index in [0.717, 1.165) is 19.5 Å². The van der Waals surface area contributed by atoms with Crippen LogP contribution in [0.15, 0.2) is 0 Å². The van der Waals surface area contributed by atoms with E-state index in [0.29, 0.717) is 18.9 Å². The number of nitrogens with zero attached hydrogens (tertiary/aromatic N) is 1. The third-order valence-corrected chi connectivity index (χ3v) is 3.55. The highest BCUT2D eigenvalue weighted by atomic mass is 16.5. The molecule has 0 aromatic rings. The van der Waals surface area contributed by atoms with Gasteiger partial charge < -0.3 is 9.64 Å². The van der Waals surface area contributed by atoms with Crippen LogP contribution in [0.3, 0.4) is 0 Å². The van der Waals surface area contributed by atoms with Gasteiger partial charge in [-0.25, -0.2) is 0 Å². The molecule has 1 atom stereocenters.